The van der Waals surface area contributed by atoms with Crippen LogP contribution in [-0.4, -0.2) is 46.0 Å². The molecule has 0 radical (unpaired) electrons. The zero-order valence-corrected chi connectivity index (χ0v) is 13.5. The molecule has 6 nitrogen and oxygen atoms in total. The van der Waals surface area contributed by atoms with Gasteiger partial charge in [-0.1, -0.05) is 18.2 Å². The minimum absolute atomic E-state index is 0.0329. The highest BCUT2D eigenvalue weighted by Gasteiger charge is 2.30. The second-order valence-electron chi connectivity index (χ2n) is 5.03. The van der Waals surface area contributed by atoms with Crippen LogP contribution in [0.4, 0.5) is 0 Å². The van der Waals surface area contributed by atoms with E-state index in [2.05, 4.69) is 4.72 Å². The van der Waals surface area contributed by atoms with Gasteiger partial charge in [0.05, 0.1) is 10.6 Å². The number of hydrogen-bond donors (Lipinski definition) is 1. The molecule has 0 unspecified atom stereocenters. The number of nitrogens with one attached hydrogen (secondary N) is 1. The smallest absolute Gasteiger partial charge is 0.212 e. The summed E-state index contributed by atoms with van der Waals surface area (Å²) in [5.74, 6) is 0.0329. The van der Waals surface area contributed by atoms with Crippen LogP contribution in [0, 0.1) is 0 Å². The lowest BCUT2D eigenvalue weighted by atomic mass is 10.1. The number of sulfonamides is 2. The maximum absolute atomic E-state index is 12.2. The standard InChI is InChI=1S/C13H20N2O4S2/c1-2-20(16,17)15-10-6-7-12(11-15)14-21(18,19)13-8-4-3-5-9-13/h3-5,8-9,12,14H,2,6-7,10-11H2,1H3/t12-/m1/s1. The van der Waals surface area contributed by atoms with Gasteiger partial charge >= 0.3 is 0 Å². The van der Waals surface area contributed by atoms with E-state index in [1.165, 1.54) is 16.4 Å². The highest BCUT2D eigenvalue weighted by molar-refractivity contribution is 7.89. The summed E-state index contributed by atoms with van der Waals surface area (Å²) >= 11 is 0. The molecule has 21 heavy (non-hydrogen) atoms. The molecule has 1 aromatic rings. The van der Waals surface area contributed by atoms with E-state index in [-0.39, 0.29) is 23.2 Å². The van der Waals surface area contributed by atoms with Crippen LogP contribution in [0.5, 0.6) is 0 Å². The van der Waals surface area contributed by atoms with Crippen LogP contribution in [-0.2, 0) is 20.0 Å². The molecule has 8 heteroatoms. The fraction of sp³-hybridized carbons (Fsp3) is 0.538. The van der Waals surface area contributed by atoms with E-state index in [0.717, 1.165) is 0 Å². The van der Waals surface area contributed by atoms with Gasteiger partial charge in [0, 0.05) is 19.1 Å². The average molecular weight is 332 g/mol. The second-order valence-corrected chi connectivity index (χ2v) is 9.00. The first-order chi connectivity index (χ1) is 9.85. The molecule has 118 valence electrons. The zero-order chi connectivity index (χ0) is 15.5. The molecule has 0 bridgehead atoms. The Kier molecular flexibility index (Phi) is 5.03. The molecule has 1 aliphatic rings. The van der Waals surface area contributed by atoms with E-state index in [1.54, 1.807) is 25.1 Å². The lowest BCUT2D eigenvalue weighted by Gasteiger charge is -2.31. The normalized spacial score (nSPS) is 21.3. The molecule has 0 aliphatic carbocycles. The van der Waals surface area contributed by atoms with Gasteiger partial charge in [-0.15, -0.1) is 0 Å². The van der Waals surface area contributed by atoms with Gasteiger partial charge in [-0.3, -0.25) is 0 Å². The van der Waals surface area contributed by atoms with Gasteiger partial charge in [0.2, 0.25) is 20.0 Å². The summed E-state index contributed by atoms with van der Waals surface area (Å²) in [6, 6.07) is 7.71. The Morgan fingerprint density at radius 3 is 2.48 bits per heavy atom. The largest absolute Gasteiger partial charge is 0.240 e. The molecule has 1 N–H and O–H groups in total. The van der Waals surface area contributed by atoms with Crippen LogP contribution < -0.4 is 4.72 Å². The molecule has 1 aromatic carbocycles. The van der Waals surface area contributed by atoms with Crippen molar-refractivity contribution in [2.45, 2.75) is 30.7 Å². The Hall–Kier alpha value is -0.960. The van der Waals surface area contributed by atoms with Crippen molar-refractivity contribution in [3.8, 4) is 0 Å². The van der Waals surface area contributed by atoms with Crippen LogP contribution in [0.25, 0.3) is 0 Å². The summed E-state index contributed by atoms with van der Waals surface area (Å²) in [7, 11) is -6.88. The maximum atomic E-state index is 12.2. The molecular formula is C13H20N2O4S2. The summed E-state index contributed by atoms with van der Waals surface area (Å²) in [4.78, 5) is 0.195. The van der Waals surface area contributed by atoms with E-state index in [0.29, 0.717) is 19.4 Å². The Balaban J connectivity index is 2.10. The van der Waals surface area contributed by atoms with E-state index < -0.39 is 20.0 Å². The lowest BCUT2D eigenvalue weighted by Crippen LogP contribution is -2.49. The first-order valence-corrected chi connectivity index (χ1v) is 9.99. The number of hydrogen-bond acceptors (Lipinski definition) is 4. The molecular weight excluding hydrogens is 312 g/mol. The lowest BCUT2D eigenvalue weighted by molar-refractivity contribution is 0.303. The Labute approximate surface area is 126 Å². The van der Waals surface area contributed by atoms with Crippen LogP contribution >= 0.6 is 0 Å². The van der Waals surface area contributed by atoms with Crippen molar-refractivity contribution in [1.82, 2.24) is 9.03 Å². The van der Waals surface area contributed by atoms with Crippen molar-refractivity contribution < 1.29 is 16.8 Å². The van der Waals surface area contributed by atoms with Gasteiger partial charge in [0.25, 0.3) is 0 Å². The molecule has 0 saturated carbocycles. The molecule has 2 rings (SSSR count). The Bertz CT molecular complexity index is 671. The summed E-state index contributed by atoms with van der Waals surface area (Å²) < 4.78 is 52.2. The van der Waals surface area contributed by atoms with Crippen molar-refractivity contribution in [1.29, 1.82) is 0 Å². The van der Waals surface area contributed by atoms with E-state index >= 15 is 0 Å². The van der Waals surface area contributed by atoms with Crippen molar-refractivity contribution in [2.24, 2.45) is 0 Å². The van der Waals surface area contributed by atoms with Crippen molar-refractivity contribution in [3.63, 3.8) is 0 Å². The molecule has 1 heterocycles. The van der Waals surface area contributed by atoms with Gasteiger partial charge in [-0.2, -0.15) is 0 Å². The number of piperidine rings is 1. The summed E-state index contributed by atoms with van der Waals surface area (Å²) in [5, 5.41) is 0. The van der Waals surface area contributed by atoms with Gasteiger partial charge in [0.15, 0.2) is 0 Å². The van der Waals surface area contributed by atoms with Crippen LogP contribution in [0.2, 0.25) is 0 Å². The number of rotatable bonds is 5. The molecule has 0 aromatic heterocycles. The fourth-order valence-electron chi connectivity index (χ4n) is 2.36. The SMILES string of the molecule is CCS(=O)(=O)N1CCC[C@@H](NS(=O)(=O)c2ccccc2)C1. The van der Waals surface area contributed by atoms with Crippen LogP contribution in [0.15, 0.2) is 35.2 Å². The van der Waals surface area contributed by atoms with Gasteiger partial charge in [-0.25, -0.2) is 25.9 Å². The molecule has 1 fully saturated rings. The minimum atomic E-state index is -3.61. The fourth-order valence-corrected chi connectivity index (χ4v) is 4.82. The van der Waals surface area contributed by atoms with Crippen LogP contribution in [0.1, 0.15) is 19.8 Å². The monoisotopic (exact) mass is 332 g/mol. The third-order valence-corrected chi connectivity index (χ3v) is 6.90. The Morgan fingerprint density at radius 2 is 1.86 bits per heavy atom. The van der Waals surface area contributed by atoms with Gasteiger partial charge in [-0.05, 0) is 31.9 Å². The number of benzene rings is 1. The van der Waals surface area contributed by atoms with Crippen molar-refractivity contribution >= 4 is 20.0 Å². The second kappa shape index (κ2) is 6.43. The topological polar surface area (TPSA) is 83.6 Å². The molecule has 0 amide bonds. The highest BCUT2D eigenvalue weighted by atomic mass is 32.2. The molecule has 1 aliphatic heterocycles. The van der Waals surface area contributed by atoms with Crippen LogP contribution in [0.3, 0.4) is 0 Å². The zero-order valence-electron chi connectivity index (χ0n) is 11.9. The van der Waals surface area contributed by atoms with E-state index in [4.69, 9.17) is 0 Å². The maximum Gasteiger partial charge on any atom is 0.240 e. The minimum Gasteiger partial charge on any atom is -0.212 e. The Morgan fingerprint density at radius 1 is 1.19 bits per heavy atom. The molecule has 1 atom stereocenters. The van der Waals surface area contributed by atoms with Gasteiger partial charge in [0.1, 0.15) is 0 Å². The summed E-state index contributed by atoms with van der Waals surface area (Å²) in [6.45, 7) is 2.25. The molecule has 1 saturated heterocycles. The quantitative estimate of drug-likeness (QED) is 0.863. The highest BCUT2D eigenvalue weighted by Crippen LogP contribution is 2.17. The number of nitrogens with zero attached hydrogens (tertiary/aromatic N) is 1. The summed E-state index contributed by atoms with van der Waals surface area (Å²) in [6.07, 6.45) is 1.29. The van der Waals surface area contributed by atoms with E-state index in [9.17, 15) is 16.8 Å². The third kappa shape index (κ3) is 4.03. The first-order valence-electron chi connectivity index (χ1n) is 6.90. The average Bonchev–Trinajstić information content (AvgIpc) is 2.48. The van der Waals surface area contributed by atoms with Gasteiger partial charge < -0.3 is 0 Å². The van der Waals surface area contributed by atoms with E-state index in [1.807, 2.05) is 0 Å². The van der Waals surface area contributed by atoms with Crippen molar-refractivity contribution in [3.05, 3.63) is 30.3 Å². The summed E-state index contributed by atoms with van der Waals surface area (Å²) in [5.41, 5.74) is 0. The third-order valence-electron chi connectivity index (χ3n) is 3.52. The first kappa shape index (κ1) is 16.4. The van der Waals surface area contributed by atoms with Crippen molar-refractivity contribution in [2.75, 3.05) is 18.8 Å². The molecule has 0 spiro atoms. The predicted octanol–water partition coefficient (Wildman–Crippen LogP) is 0.779. The predicted molar refractivity (Wildman–Crippen MR) is 80.8 cm³/mol.